The maximum absolute atomic E-state index is 12.3. The molecule has 1 unspecified atom stereocenters. The molecule has 2 rings (SSSR count). The number of amides is 3. The van der Waals surface area contributed by atoms with E-state index < -0.39 is 17.9 Å². The second-order valence-electron chi connectivity index (χ2n) is 4.98. The summed E-state index contributed by atoms with van der Waals surface area (Å²) in [6.45, 7) is 1.38. The van der Waals surface area contributed by atoms with Crippen molar-refractivity contribution >= 4 is 23.4 Å². The lowest BCUT2D eigenvalue weighted by molar-refractivity contribution is -0.120. The Kier molecular flexibility index (Phi) is 5.09. The van der Waals surface area contributed by atoms with E-state index in [0.29, 0.717) is 16.8 Å². The maximum atomic E-state index is 12.3. The van der Waals surface area contributed by atoms with E-state index in [1.54, 1.807) is 48.5 Å². The average molecular weight is 311 g/mol. The zero-order valence-corrected chi connectivity index (χ0v) is 12.6. The molecule has 0 saturated heterocycles. The Labute approximate surface area is 133 Å². The molecule has 0 aliphatic rings. The van der Waals surface area contributed by atoms with Crippen LogP contribution >= 0.6 is 0 Å². The Balaban J connectivity index is 2.19. The van der Waals surface area contributed by atoms with Crippen LogP contribution in [0.4, 0.5) is 5.69 Å². The summed E-state index contributed by atoms with van der Waals surface area (Å²) in [4.78, 5) is 35.0. The molecule has 2 aromatic rings. The Morgan fingerprint density at radius 3 is 2.30 bits per heavy atom. The van der Waals surface area contributed by atoms with E-state index >= 15 is 0 Å². The number of nitrogens with one attached hydrogen (secondary N) is 2. The van der Waals surface area contributed by atoms with Gasteiger partial charge in [-0.1, -0.05) is 36.4 Å². The van der Waals surface area contributed by atoms with Gasteiger partial charge in [0.2, 0.25) is 11.8 Å². The summed E-state index contributed by atoms with van der Waals surface area (Å²) in [5, 5.41) is 5.20. The first-order chi connectivity index (χ1) is 11.0. The van der Waals surface area contributed by atoms with Gasteiger partial charge in [-0.15, -0.1) is 0 Å². The van der Waals surface area contributed by atoms with Gasteiger partial charge >= 0.3 is 0 Å². The first kappa shape index (κ1) is 16.2. The highest BCUT2D eigenvalue weighted by Gasteiger charge is 2.20. The smallest absolute Gasteiger partial charge is 0.252 e. The first-order valence-corrected chi connectivity index (χ1v) is 7.00. The molecule has 118 valence electrons. The molecule has 1 atom stereocenters. The number of hydrogen-bond acceptors (Lipinski definition) is 3. The number of primary amides is 1. The molecule has 0 heterocycles. The van der Waals surface area contributed by atoms with E-state index in [4.69, 9.17) is 5.73 Å². The van der Waals surface area contributed by atoms with Gasteiger partial charge in [0.25, 0.3) is 5.91 Å². The molecule has 0 aliphatic heterocycles. The van der Waals surface area contributed by atoms with Gasteiger partial charge in [0.05, 0.1) is 0 Å². The third-order valence-electron chi connectivity index (χ3n) is 3.14. The largest absolute Gasteiger partial charge is 0.368 e. The second kappa shape index (κ2) is 7.22. The van der Waals surface area contributed by atoms with Gasteiger partial charge in [-0.3, -0.25) is 14.4 Å². The van der Waals surface area contributed by atoms with E-state index in [2.05, 4.69) is 10.6 Å². The van der Waals surface area contributed by atoms with Crippen molar-refractivity contribution in [3.8, 4) is 0 Å². The topological polar surface area (TPSA) is 101 Å². The first-order valence-electron chi connectivity index (χ1n) is 7.00. The van der Waals surface area contributed by atoms with Crippen LogP contribution < -0.4 is 16.4 Å². The van der Waals surface area contributed by atoms with Gasteiger partial charge in [-0.25, -0.2) is 0 Å². The van der Waals surface area contributed by atoms with Crippen LogP contribution in [0.2, 0.25) is 0 Å². The van der Waals surface area contributed by atoms with Crippen molar-refractivity contribution in [3.63, 3.8) is 0 Å². The van der Waals surface area contributed by atoms with E-state index in [9.17, 15) is 14.4 Å². The molecule has 0 radical (unpaired) electrons. The fourth-order valence-corrected chi connectivity index (χ4v) is 2.12. The summed E-state index contributed by atoms with van der Waals surface area (Å²) in [5.41, 5.74) is 6.80. The summed E-state index contributed by atoms with van der Waals surface area (Å²) in [7, 11) is 0. The van der Waals surface area contributed by atoms with Crippen molar-refractivity contribution in [1.82, 2.24) is 5.32 Å². The number of hydrogen-bond donors (Lipinski definition) is 3. The molecule has 0 aromatic heterocycles. The summed E-state index contributed by atoms with van der Waals surface area (Å²) in [6.07, 6.45) is 0. The molecule has 3 amide bonds. The Morgan fingerprint density at radius 2 is 1.70 bits per heavy atom. The monoisotopic (exact) mass is 311 g/mol. The van der Waals surface area contributed by atoms with Crippen molar-refractivity contribution in [2.75, 3.05) is 5.32 Å². The minimum Gasteiger partial charge on any atom is -0.368 e. The van der Waals surface area contributed by atoms with Crippen LogP contribution in [0.1, 0.15) is 28.9 Å². The third kappa shape index (κ3) is 4.41. The minimum absolute atomic E-state index is 0.234. The quantitative estimate of drug-likeness (QED) is 0.781. The highest BCUT2D eigenvalue weighted by molar-refractivity contribution is 5.99. The Bertz CT molecular complexity index is 729. The Morgan fingerprint density at radius 1 is 1.00 bits per heavy atom. The summed E-state index contributed by atoms with van der Waals surface area (Å²) < 4.78 is 0. The zero-order valence-electron chi connectivity index (χ0n) is 12.6. The van der Waals surface area contributed by atoms with Crippen molar-refractivity contribution < 1.29 is 14.4 Å². The summed E-state index contributed by atoms with van der Waals surface area (Å²) in [5.74, 6) is -1.34. The molecular weight excluding hydrogens is 294 g/mol. The molecule has 0 spiro atoms. The average Bonchev–Trinajstić information content (AvgIpc) is 2.52. The standard InChI is InChI=1S/C17H17N3O3/c1-11(21)19-14-9-5-8-13(10-14)17(23)20-15(16(18)22)12-6-3-2-4-7-12/h2-10,15H,1H3,(H2,18,22)(H,19,21)(H,20,23). The van der Waals surface area contributed by atoms with Crippen LogP contribution in [0.5, 0.6) is 0 Å². The zero-order chi connectivity index (χ0) is 16.8. The van der Waals surface area contributed by atoms with Crippen molar-refractivity contribution in [3.05, 3.63) is 65.7 Å². The lowest BCUT2D eigenvalue weighted by atomic mass is 10.1. The third-order valence-corrected chi connectivity index (χ3v) is 3.14. The summed E-state index contributed by atoms with van der Waals surface area (Å²) >= 11 is 0. The highest BCUT2D eigenvalue weighted by Crippen LogP contribution is 2.15. The predicted molar refractivity (Wildman–Crippen MR) is 86.6 cm³/mol. The second-order valence-corrected chi connectivity index (χ2v) is 4.98. The fourth-order valence-electron chi connectivity index (χ4n) is 2.12. The SMILES string of the molecule is CC(=O)Nc1cccc(C(=O)NC(C(N)=O)c2ccccc2)c1. The van der Waals surface area contributed by atoms with Gasteiger partial charge < -0.3 is 16.4 Å². The normalized spacial score (nSPS) is 11.3. The molecule has 0 bridgehead atoms. The van der Waals surface area contributed by atoms with Gasteiger partial charge in [0.1, 0.15) is 6.04 Å². The van der Waals surface area contributed by atoms with Crippen LogP contribution in [-0.2, 0) is 9.59 Å². The highest BCUT2D eigenvalue weighted by atomic mass is 16.2. The minimum atomic E-state index is -0.923. The molecule has 4 N–H and O–H groups in total. The molecule has 0 aliphatic carbocycles. The van der Waals surface area contributed by atoms with Crippen LogP contribution in [0, 0.1) is 0 Å². The number of carbonyl (C=O) groups excluding carboxylic acids is 3. The number of rotatable bonds is 5. The van der Waals surface area contributed by atoms with Gasteiger partial charge in [-0.2, -0.15) is 0 Å². The van der Waals surface area contributed by atoms with Crippen molar-refractivity contribution in [1.29, 1.82) is 0 Å². The number of benzene rings is 2. The number of anilines is 1. The van der Waals surface area contributed by atoms with E-state index in [1.807, 2.05) is 0 Å². The van der Waals surface area contributed by atoms with Gasteiger partial charge in [0, 0.05) is 18.2 Å². The van der Waals surface area contributed by atoms with Crippen LogP contribution in [0.15, 0.2) is 54.6 Å². The van der Waals surface area contributed by atoms with Gasteiger partial charge in [-0.05, 0) is 23.8 Å². The Hall–Kier alpha value is -3.15. The van der Waals surface area contributed by atoms with Crippen molar-refractivity contribution in [2.45, 2.75) is 13.0 Å². The predicted octanol–water partition coefficient (Wildman–Crippen LogP) is 1.60. The van der Waals surface area contributed by atoms with Crippen molar-refractivity contribution in [2.24, 2.45) is 5.73 Å². The van der Waals surface area contributed by atoms with E-state index in [0.717, 1.165) is 0 Å². The molecule has 6 nitrogen and oxygen atoms in total. The molecular formula is C17H17N3O3. The van der Waals surface area contributed by atoms with Gasteiger partial charge in [0.15, 0.2) is 0 Å². The lowest BCUT2D eigenvalue weighted by Crippen LogP contribution is -2.37. The van der Waals surface area contributed by atoms with Crippen LogP contribution in [0.25, 0.3) is 0 Å². The molecule has 0 fully saturated rings. The summed E-state index contributed by atoms with van der Waals surface area (Å²) in [6, 6.07) is 14.2. The number of carbonyl (C=O) groups is 3. The van der Waals surface area contributed by atoms with Crippen LogP contribution in [0.3, 0.4) is 0 Å². The fraction of sp³-hybridized carbons (Fsp3) is 0.118. The lowest BCUT2D eigenvalue weighted by Gasteiger charge is -2.16. The number of nitrogens with two attached hydrogens (primary N) is 1. The molecule has 6 heteroatoms. The molecule has 0 saturated carbocycles. The maximum Gasteiger partial charge on any atom is 0.252 e. The van der Waals surface area contributed by atoms with E-state index in [-0.39, 0.29) is 5.91 Å². The molecule has 2 aromatic carbocycles. The van der Waals surface area contributed by atoms with Crippen LogP contribution in [-0.4, -0.2) is 17.7 Å². The molecule has 23 heavy (non-hydrogen) atoms. The van der Waals surface area contributed by atoms with E-state index in [1.165, 1.54) is 13.0 Å².